The molecule has 0 fully saturated rings. The number of aryl methyl sites for hydroxylation is 1. The van der Waals surface area contributed by atoms with Gasteiger partial charge in [-0.05, 0) is 77.4 Å². The Labute approximate surface area is 187 Å². The fraction of sp³-hybridized carbons (Fsp3) is 0.409. The van der Waals surface area contributed by atoms with Crippen molar-refractivity contribution >= 4 is 34.2 Å². The van der Waals surface area contributed by atoms with Gasteiger partial charge in [-0.15, -0.1) is 0 Å². The number of hydrogen-bond acceptors (Lipinski definition) is 6. The first-order chi connectivity index (χ1) is 15.1. The average Bonchev–Trinajstić information content (AvgIpc) is 3.38. The van der Waals surface area contributed by atoms with E-state index < -0.39 is 29.4 Å². The van der Waals surface area contributed by atoms with E-state index in [9.17, 15) is 19.1 Å². The zero-order valence-electron chi connectivity index (χ0n) is 18.0. The molecule has 2 aliphatic carbocycles. The van der Waals surface area contributed by atoms with Crippen LogP contribution in [-0.4, -0.2) is 27.5 Å². The second-order valence-corrected chi connectivity index (χ2v) is 11.2. The molecule has 2 aromatic rings. The van der Waals surface area contributed by atoms with Crippen LogP contribution in [0.1, 0.15) is 60.8 Å². The standard InChI is InChI=1S/C22H26BN3O5S/c1-22(2)9-8-15-17(22)10-12-4-3-5-14(12)19(15)25-21(28)26-32(24,30)13-6-7-18-16(11-13)20(27)31-23(18)29/h6-7,10-11,20,27,29H,3-5,8-9H2,1-2H3,(H3,24,25,26,28,30). The lowest BCUT2D eigenvalue weighted by Gasteiger charge is -2.22. The molecular weight excluding hydrogens is 429 g/mol. The van der Waals surface area contributed by atoms with E-state index in [2.05, 4.69) is 30.0 Å². The van der Waals surface area contributed by atoms with Gasteiger partial charge in [-0.2, -0.15) is 0 Å². The Bertz CT molecular complexity index is 1240. The predicted octanol–water partition coefficient (Wildman–Crippen LogP) is 2.25. The molecule has 10 heteroatoms. The Balaban J connectivity index is 1.42. The quantitative estimate of drug-likeness (QED) is 0.453. The highest BCUT2D eigenvalue weighted by atomic mass is 32.2. The van der Waals surface area contributed by atoms with Gasteiger partial charge in [0.05, 0.1) is 4.90 Å². The molecule has 3 aliphatic rings. The number of amides is 2. The molecule has 1 aliphatic heterocycles. The number of aliphatic hydroxyl groups is 1. The zero-order chi connectivity index (χ0) is 22.8. The predicted molar refractivity (Wildman–Crippen MR) is 121 cm³/mol. The number of carbonyl (C=O) groups is 1. The average molecular weight is 455 g/mol. The number of rotatable bonds is 3. The van der Waals surface area contributed by atoms with E-state index in [4.69, 9.17) is 9.43 Å². The summed E-state index contributed by atoms with van der Waals surface area (Å²) in [6.45, 7) is 4.42. The first-order valence-corrected chi connectivity index (χ1v) is 12.3. The third-order valence-corrected chi connectivity index (χ3v) is 8.28. The van der Waals surface area contributed by atoms with Gasteiger partial charge in [-0.3, -0.25) is 0 Å². The summed E-state index contributed by atoms with van der Waals surface area (Å²) in [5.41, 5.74) is 6.21. The Morgan fingerprint density at radius 3 is 2.81 bits per heavy atom. The molecule has 2 unspecified atom stereocenters. The van der Waals surface area contributed by atoms with Crippen LogP contribution < -0.4 is 15.5 Å². The lowest BCUT2D eigenvalue weighted by Crippen LogP contribution is -2.35. The van der Waals surface area contributed by atoms with Crippen LogP contribution in [0.15, 0.2) is 29.2 Å². The maximum absolute atomic E-state index is 13.1. The van der Waals surface area contributed by atoms with Crippen molar-refractivity contribution in [3.8, 4) is 0 Å². The highest BCUT2D eigenvalue weighted by Crippen LogP contribution is 2.46. The molecule has 168 valence electrons. The molecule has 0 saturated carbocycles. The fourth-order valence-electron chi connectivity index (χ4n) is 5.14. The van der Waals surface area contributed by atoms with Crippen LogP contribution in [0, 0.1) is 4.78 Å². The van der Waals surface area contributed by atoms with Crippen LogP contribution >= 0.6 is 0 Å². The minimum absolute atomic E-state index is 0.0211. The number of nitrogens with one attached hydrogen (secondary N) is 3. The summed E-state index contributed by atoms with van der Waals surface area (Å²) in [4.78, 5) is 12.9. The van der Waals surface area contributed by atoms with Crippen molar-refractivity contribution in [1.29, 1.82) is 4.78 Å². The molecule has 5 rings (SSSR count). The van der Waals surface area contributed by atoms with Gasteiger partial charge in [0.1, 0.15) is 0 Å². The minimum atomic E-state index is -3.70. The monoisotopic (exact) mass is 455 g/mol. The number of benzene rings is 2. The molecule has 0 saturated heterocycles. The highest BCUT2D eigenvalue weighted by molar-refractivity contribution is 7.91. The number of urea groups is 1. The minimum Gasteiger partial charge on any atom is -0.423 e. The van der Waals surface area contributed by atoms with Crippen LogP contribution in [0.25, 0.3) is 0 Å². The second-order valence-electron chi connectivity index (χ2n) is 9.40. The van der Waals surface area contributed by atoms with Crippen molar-refractivity contribution in [2.24, 2.45) is 0 Å². The van der Waals surface area contributed by atoms with Gasteiger partial charge < -0.3 is 20.1 Å². The number of hydrogen-bond donors (Lipinski definition) is 5. The van der Waals surface area contributed by atoms with E-state index in [1.165, 1.54) is 29.3 Å². The van der Waals surface area contributed by atoms with Crippen LogP contribution in [0.2, 0.25) is 0 Å². The van der Waals surface area contributed by atoms with Crippen LogP contribution in [0.5, 0.6) is 0 Å². The van der Waals surface area contributed by atoms with Gasteiger partial charge >= 0.3 is 13.1 Å². The van der Waals surface area contributed by atoms with Gasteiger partial charge in [-0.1, -0.05) is 26.0 Å². The lowest BCUT2D eigenvalue weighted by molar-refractivity contribution is -0.0220. The van der Waals surface area contributed by atoms with Crippen LogP contribution in [-0.2, 0) is 39.2 Å². The molecule has 2 aromatic carbocycles. The molecule has 2 amide bonds. The zero-order valence-corrected chi connectivity index (χ0v) is 18.8. The van der Waals surface area contributed by atoms with Crippen molar-refractivity contribution < 1.29 is 23.8 Å². The van der Waals surface area contributed by atoms with Gasteiger partial charge in [0, 0.05) is 11.3 Å². The summed E-state index contributed by atoms with van der Waals surface area (Å²) in [5.74, 6) is 0. The highest BCUT2D eigenvalue weighted by Gasteiger charge is 2.36. The van der Waals surface area contributed by atoms with Gasteiger partial charge in [0.25, 0.3) is 0 Å². The summed E-state index contributed by atoms with van der Waals surface area (Å²) in [6.07, 6.45) is 3.40. The molecule has 32 heavy (non-hydrogen) atoms. The van der Waals surface area contributed by atoms with Crippen molar-refractivity contribution in [1.82, 2.24) is 4.72 Å². The first-order valence-electron chi connectivity index (χ1n) is 10.8. The third-order valence-electron chi connectivity index (χ3n) is 6.89. The molecule has 0 spiro atoms. The molecule has 2 atom stereocenters. The maximum Gasteiger partial charge on any atom is 0.493 e. The van der Waals surface area contributed by atoms with E-state index in [-0.39, 0.29) is 15.9 Å². The molecule has 0 aromatic heterocycles. The van der Waals surface area contributed by atoms with Crippen molar-refractivity contribution in [2.45, 2.75) is 62.6 Å². The third kappa shape index (κ3) is 3.42. The van der Waals surface area contributed by atoms with Crippen molar-refractivity contribution in [2.75, 3.05) is 5.32 Å². The van der Waals surface area contributed by atoms with E-state index >= 15 is 0 Å². The normalized spacial score (nSPS) is 22.1. The Morgan fingerprint density at radius 2 is 2.03 bits per heavy atom. The van der Waals surface area contributed by atoms with Gasteiger partial charge in [-0.25, -0.2) is 18.5 Å². The Morgan fingerprint density at radius 1 is 1.25 bits per heavy atom. The summed E-state index contributed by atoms with van der Waals surface area (Å²) in [5, 5.41) is 22.6. The number of aliphatic hydroxyl groups excluding tert-OH is 1. The number of carbonyl (C=O) groups excluding carboxylic acids is 1. The first kappa shape index (κ1) is 21.5. The summed E-state index contributed by atoms with van der Waals surface area (Å²) >= 11 is 0. The SMILES string of the molecule is CC1(C)CCc2c1cc1c(c2NC(=O)NS(=N)(=O)c2ccc3c(c2)C(O)OB3O)CCC1. The van der Waals surface area contributed by atoms with E-state index in [0.29, 0.717) is 5.46 Å². The second kappa shape index (κ2) is 7.31. The summed E-state index contributed by atoms with van der Waals surface area (Å²) < 4.78 is 28.6. The van der Waals surface area contributed by atoms with Crippen molar-refractivity contribution in [3.05, 3.63) is 52.1 Å². The van der Waals surface area contributed by atoms with Crippen LogP contribution in [0.4, 0.5) is 10.5 Å². The van der Waals surface area contributed by atoms with Crippen LogP contribution in [0.3, 0.4) is 0 Å². The molecule has 5 N–H and O–H groups in total. The summed E-state index contributed by atoms with van der Waals surface area (Å²) in [6, 6.07) is 5.74. The maximum atomic E-state index is 13.1. The smallest absolute Gasteiger partial charge is 0.423 e. The fourth-order valence-corrected chi connectivity index (χ4v) is 6.13. The molecule has 0 bridgehead atoms. The van der Waals surface area contributed by atoms with Crippen molar-refractivity contribution in [3.63, 3.8) is 0 Å². The number of fused-ring (bicyclic) bond motifs is 3. The molecule has 0 radical (unpaired) electrons. The van der Waals surface area contributed by atoms with E-state index in [1.807, 2.05) is 0 Å². The Hall–Kier alpha value is -2.40. The van der Waals surface area contributed by atoms with Gasteiger partial charge in [0.2, 0.25) is 0 Å². The van der Waals surface area contributed by atoms with E-state index in [1.54, 1.807) is 0 Å². The largest absolute Gasteiger partial charge is 0.493 e. The molecule has 1 heterocycles. The molecular formula is C22H26BN3O5S. The number of anilines is 1. The van der Waals surface area contributed by atoms with Gasteiger partial charge in [0.15, 0.2) is 16.2 Å². The lowest BCUT2D eigenvalue weighted by atomic mass is 9.80. The Kier molecular flexibility index (Phi) is 4.90. The van der Waals surface area contributed by atoms with E-state index in [0.717, 1.165) is 48.9 Å². The molecule has 8 nitrogen and oxygen atoms in total. The summed E-state index contributed by atoms with van der Waals surface area (Å²) in [7, 11) is -4.98. The topological polar surface area (TPSA) is 132 Å².